The average molecular weight is 306 g/mol. The van der Waals surface area contributed by atoms with Gasteiger partial charge in [0.15, 0.2) is 0 Å². The lowest BCUT2D eigenvalue weighted by Gasteiger charge is -2.09. The highest BCUT2D eigenvalue weighted by Crippen LogP contribution is 2.15. The summed E-state index contributed by atoms with van der Waals surface area (Å²) in [5.74, 6) is -2.74. The van der Waals surface area contributed by atoms with Crippen molar-refractivity contribution in [2.24, 2.45) is 5.92 Å². The fraction of sp³-hybridized carbons (Fsp3) is 0.867. The van der Waals surface area contributed by atoms with E-state index in [0.29, 0.717) is 6.42 Å². The molecule has 0 aliphatic heterocycles. The van der Waals surface area contributed by atoms with Crippen LogP contribution in [0.5, 0.6) is 0 Å². The van der Waals surface area contributed by atoms with Gasteiger partial charge >= 0.3 is 11.9 Å². The maximum atomic E-state index is 10.7. The molecular weight excluding hydrogens is 276 g/mol. The zero-order chi connectivity index (χ0) is 16.7. The third-order valence-corrected chi connectivity index (χ3v) is 2.94. The van der Waals surface area contributed by atoms with Crippen molar-refractivity contribution in [3.63, 3.8) is 0 Å². The van der Waals surface area contributed by atoms with E-state index in [1.54, 1.807) is 0 Å². The van der Waals surface area contributed by atoms with Crippen molar-refractivity contribution in [2.45, 2.75) is 71.3 Å². The quantitative estimate of drug-likeness (QED) is 0.435. The number of carboxylic acid groups (broad SMARTS) is 2. The van der Waals surface area contributed by atoms with Crippen molar-refractivity contribution < 1.29 is 30.0 Å². The Morgan fingerprint density at radius 2 is 1.48 bits per heavy atom. The van der Waals surface area contributed by atoms with Gasteiger partial charge in [0.2, 0.25) is 0 Å². The maximum absolute atomic E-state index is 10.7. The van der Waals surface area contributed by atoms with E-state index in [2.05, 4.69) is 6.92 Å². The molecule has 0 saturated heterocycles. The molecule has 2 atom stereocenters. The van der Waals surface area contributed by atoms with Gasteiger partial charge in [-0.3, -0.25) is 9.59 Å². The molecule has 21 heavy (non-hydrogen) atoms. The fourth-order valence-electron chi connectivity index (χ4n) is 1.69. The highest BCUT2D eigenvalue weighted by molar-refractivity contribution is 5.77. The minimum absolute atomic E-state index is 0.139. The smallest absolute Gasteiger partial charge is 0.307 e. The Balaban J connectivity index is 0. The number of aliphatic hydroxyl groups is 2. The average Bonchev–Trinajstić information content (AvgIpc) is 2.41. The largest absolute Gasteiger partial charge is 0.481 e. The molecule has 0 aliphatic carbocycles. The van der Waals surface area contributed by atoms with Gasteiger partial charge in [0.05, 0.1) is 25.0 Å². The molecule has 0 fully saturated rings. The van der Waals surface area contributed by atoms with E-state index < -0.39 is 24.0 Å². The summed E-state index contributed by atoms with van der Waals surface area (Å²) >= 11 is 0. The monoisotopic (exact) mass is 306 g/mol. The summed E-state index contributed by atoms with van der Waals surface area (Å²) in [6, 6.07) is 0. The molecule has 6 heteroatoms. The van der Waals surface area contributed by atoms with Crippen LogP contribution in [0.3, 0.4) is 0 Å². The summed E-state index contributed by atoms with van der Waals surface area (Å²) in [5, 5.41) is 33.3. The number of carbonyl (C=O) groups is 2. The minimum Gasteiger partial charge on any atom is -0.481 e. The molecule has 0 amide bonds. The van der Waals surface area contributed by atoms with Crippen LogP contribution in [0.25, 0.3) is 0 Å². The van der Waals surface area contributed by atoms with E-state index in [9.17, 15) is 9.59 Å². The summed E-state index contributed by atoms with van der Waals surface area (Å²) in [6.07, 6.45) is 6.19. The molecule has 0 rings (SSSR count). The third-order valence-electron chi connectivity index (χ3n) is 2.94. The van der Waals surface area contributed by atoms with Gasteiger partial charge in [0.1, 0.15) is 0 Å². The van der Waals surface area contributed by atoms with Crippen molar-refractivity contribution in [2.75, 3.05) is 6.61 Å². The van der Waals surface area contributed by atoms with Crippen LogP contribution >= 0.6 is 0 Å². The Kier molecular flexibility index (Phi) is 16.1. The molecule has 6 nitrogen and oxygen atoms in total. The van der Waals surface area contributed by atoms with Gasteiger partial charge in [-0.1, -0.05) is 45.4 Å². The number of rotatable bonds is 11. The summed E-state index contributed by atoms with van der Waals surface area (Å²) in [4.78, 5) is 21.2. The van der Waals surface area contributed by atoms with Crippen molar-refractivity contribution in [1.82, 2.24) is 0 Å². The molecule has 0 aromatic rings. The Labute approximate surface area is 126 Å². The predicted octanol–water partition coefficient (Wildman–Crippen LogP) is 2.27. The first-order valence-electron chi connectivity index (χ1n) is 7.58. The summed E-state index contributed by atoms with van der Waals surface area (Å²) in [7, 11) is 0. The van der Waals surface area contributed by atoms with Crippen molar-refractivity contribution in [1.29, 1.82) is 0 Å². The van der Waals surface area contributed by atoms with Crippen LogP contribution in [0.15, 0.2) is 0 Å². The Hall–Kier alpha value is -1.14. The van der Waals surface area contributed by atoms with Gasteiger partial charge in [-0.15, -0.1) is 0 Å². The van der Waals surface area contributed by atoms with Gasteiger partial charge in [-0.05, 0) is 13.3 Å². The van der Waals surface area contributed by atoms with Crippen LogP contribution < -0.4 is 0 Å². The molecule has 0 spiro atoms. The highest BCUT2D eigenvalue weighted by atomic mass is 16.4. The van der Waals surface area contributed by atoms with E-state index >= 15 is 0 Å². The Morgan fingerprint density at radius 3 is 1.86 bits per heavy atom. The van der Waals surface area contributed by atoms with Crippen LogP contribution in [0.2, 0.25) is 0 Å². The van der Waals surface area contributed by atoms with E-state index in [1.165, 1.54) is 26.2 Å². The zero-order valence-electron chi connectivity index (χ0n) is 13.1. The van der Waals surface area contributed by atoms with E-state index in [0.717, 1.165) is 19.3 Å². The minimum atomic E-state index is -1.03. The standard InChI is InChI=1S/C12H22O4.C3H8O2/c1-2-3-4-5-6-7-8-10(12(15)16)9-11(13)14;1-3(5)2-4/h10H,2-9H2,1H3,(H,13,14)(H,15,16);3-5H,2H2,1H3. The second-order valence-corrected chi connectivity index (χ2v) is 5.22. The van der Waals surface area contributed by atoms with E-state index in [1.807, 2.05) is 0 Å². The third kappa shape index (κ3) is 18.9. The number of aliphatic hydroxyl groups excluding tert-OH is 2. The number of unbranched alkanes of at least 4 members (excludes halogenated alkanes) is 5. The van der Waals surface area contributed by atoms with Crippen LogP contribution in [0, 0.1) is 5.92 Å². The topological polar surface area (TPSA) is 115 Å². The molecule has 0 radical (unpaired) electrons. The lowest BCUT2D eigenvalue weighted by atomic mass is 9.97. The van der Waals surface area contributed by atoms with Gasteiger partial charge in [-0.2, -0.15) is 0 Å². The SMILES string of the molecule is CC(O)CO.CCCCCCCCC(CC(=O)O)C(=O)O. The number of hydrogen-bond donors (Lipinski definition) is 4. The van der Waals surface area contributed by atoms with Gasteiger partial charge in [-0.25, -0.2) is 0 Å². The first-order chi connectivity index (χ1) is 9.84. The molecule has 4 N–H and O–H groups in total. The van der Waals surface area contributed by atoms with Crippen LogP contribution in [-0.4, -0.2) is 45.1 Å². The van der Waals surface area contributed by atoms with Crippen molar-refractivity contribution in [3.8, 4) is 0 Å². The first-order valence-corrected chi connectivity index (χ1v) is 7.58. The van der Waals surface area contributed by atoms with Crippen LogP contribution in [0.1, 0.15) is 65.2 Å². The molecule has 2 unspecified atom stereocenters. The second-order valence-electron chi connectivity index (χ2n) is 5.22. The number of aliphatic carboxylic acids is 2. The number of hydrogen-bond acceptors (Lipinski definition) is 4. The summed E-state index contributed by atoms with van der Waals surface area (Å²) in [6.45, 7) is 3.54. The predicted molar refractivity (Wildman–Crippen MR) is 80.1 cm³/mol. The van der Waals surface area contributed by atoms with Crippen molar-refractivity contribution >= 4 is 11.9 Å². The molecule has 0 aliphatic rings. The first kappa shape index (κ1) is 22.1. The van der Waals surface area contributed by atoms with Gasteiger partial charge in [0, 0.05) is 0 Å². The molecule has 0 aromatic carbocycles. The van der Waals surface area contributed by atoms with E-state index in [-0.39, 0.29) is 13.0 Å². The maximum Gasteiger partial charge on any atom is 0.307 e. The lowest BCUT2D eigenvalue weighted by Crippen LogP contribution is -2.17. The highest BCUT2D eigenvalue weighted by Gasteiger charge is 2.19. The van der Waals surface area contributed by atoms with Gasteiger partial charge in [0.25, 0.3) is 0 Å². The molecular formula is C15H30O6. The zero-order valence-corrected chi connectivity index (χ0v) is 13.1. The summed E-state index contributed by atoms with van der Waals surface area (Å²) in [5.41, 5.74) is 0. The molecule has 0 heterocycles. The summed E-state index contributed by atoms with van der Waals surface area (Å²) < 4.78 is 0. The Bertz CT molecular complexity index is 265. The molecule has 0 saturated carbocycles. The Morgan fingerprint density at radius 1 is 1.00 bits per heavy atom. The molecule has 0 aromatic heterocycles. The second kappa shape index (κ2) is 15.3. The molecule has 0 bridgehead atoms. The fourth-order valence-corrected chi connectivity index (χ4v) is 1.69. The van der Waals surface area contributed by atoms with Crippen molar-refractivity contribution in [3.05, 3.63) is 0 Å². The van der Waals surface area contributed by atoms with Gasteiger partial charge < -0.3 is 20.4 Å². The van der Waals surface area contributed by atoms with E-state index in [4.69, 9.17) is 20.4 Å². The number of carboxylic acids is 2. The normalized spacial score (nSPS) is 13.0. The van der Waals surface area contributed by atoms with Crippen LogP contribution in [-0.2, 0) is 9.59 Å². The molecule has 126 valence electrons. The van der Waals surface area contributed by atoms with Crippen LogP contribution in [0.4, 0.5) is 0 Å². The lowest BCUT2D eigenvalue weighted by molar-refractivity contribution is -0.148.